The Hall–Kier alpha value is -2.50. The zero-order valence-corrected chi connectivity index (χ0v) is 8.28. The molecule has 3 aromatic rings. The van der Waals surface area contributed by atoms with E-state index in [4.69, 9.17) is 5.73 Å². The Labute approximate surface area is 90.7 Å². The van der Waals surface area contributed by atoms with Gasteiger partial charge in [0.1, 0.15) is 5.52 Å². The average molecular weight is 212 g/mol. The number of aromatic nitrogens is 5. The fourth-order valence-corrected chi connectivity index (χ4v) is 1.46. The molecule has 0 aliphatic rings. The third kappa shape index (κ3) is 1.28. The molecule has 0 spiro atoms. The summed E-state index contributed by atoms with van der Waals surface area (Å²) in [5, 5.41) is 8.02. The Morgan fingerprint density at radius 3 is 2.62 bits per heavy atom. The molecule has 0 unspecified atom stereocenters. The van der Waals surface area contributed by atoms with Gasteiger partial charge in [0.25, 0.3) is 5.95 Å². The zero-order valence-electron chi connectivity index (χ0n) is 8.28. The molecule has 0 aliphatic heterocycles. The van der Waals surface area contributed by atoms with Gasteiger partial charge in [-0.2, -0.15) is 4.68 Å². The van der Waals surface area contributed by atoms with E-state index in [2.05, 4.69) is 20.3 Å². The molecule has 2 heterocycles. The van der Waals surface area contributed by atoms with Gasteiger partial charge in [-0.25, -0.2) is 9.97 Å². The molecule has 0 aliphatic carbocycles. The van der Waals surface area contributed by atoms with E-state index in [0.29, 0.717) is 11.6 Å². The van der Waals surface area contributed by atoms with Gasteiger partial charge >= 0.3 is 0 Å². The second-order valence-electron chi connectivity index (χ2n) is 3.31. The monoisotopic (exact) mass is 212 g/mol. The number of anilines is 1. The summed E-state index contributed by atoms with van der Waals surface area (Å²) in [5.41, 5.74) is 7.72. The first kappa shape index (κ1) is 8.78. The lowest BCUT2D eigenvalue weighted by molar-refractivity contribution is 0.774. The predicted octanol–water partition coefficient (Wildman–Crippen LogP) is 0.793. The van der Waals surface area contributed by atoms with E-state index >= 15 is 0 Å². The van der Waals surface area contributed by atoms with Crippen molar-refractivity contribution in [2.45, 2.75) is 0 Å². The highest BCUT2D eigenvalue weighted by molar-refractivity contribution is 5.75. The first-order valence-corrected chi connectivity index (χ1v) is 4.73. The van der Waals surface area contributed by atoms with Crippen LogP contribution in [-0.4, -0.2) is 25.0 Å². The Kier molecular flexibility index (Phi) is 1.79. The molecule has 0 fully saturated rings. The van der Waals surface area contributed by atoms with Gasteiger partial charge in [-0.15, -0.1) is 5.10 Å². The highest BCUT2D eigenvalue weighted by Crippen LogP contribution is 2.12. The van der Waals surface area contributed by atoms with Crippen molar-refractivity contribution in [3.8, 4) is 5.95 Å². The van der Waals surface area contributed by atoms with Gasteiger partial charge in [0.15, 0.2) is 0 Å². The van der Waals surface area contributed by atoms with Gasteiger partial charge in [-0.3, -0.25) is 0 Å². The maximum absolute atomic E-state index is 5.52. The molecule has 6 nitrogen and oxygen atoms in total. The number of hydrogen-bond donors (Lipinski definition) is 1. The standard InChI is InChI=1S/C10H8N6/c11-7-5-12-10(13-6-7)16-9-4-2-1-3-8(9)14-15-16/h1-6H,11H2. The molecular weight excluding hydrogens is 204 g/mol. The largest absolute Gasteiger partial charge is 0.396 e. The van der Waals surface area contributed by atoms with E-state index in [-0.39, 0.29) is 0 Å². The van der Waals surface area contributed by atoms with Crippen LogP contribution in [0.2, 0.25) is 0 Å². The molecule has 0 radical (unpaired) electrons. The van der Waals surface area contributed by atoms with Crippen LogP contribution in [0, 0.1) is 0 Å². The normalized spacial score (nSPS) is 10.8. The molecule has 16 heavy (non-hydrogen) atoms. The van der Waals surface area contributed by atoms with Crippen LogP contribution < -0.4 is 5.73 Å². The van der Waals surface area contributed by atoms with Crippen molar-refractivity contribution >= 4 is 16.7 Å². The number of nitrogen functional groups attached to an aromatic ring is 1. The second kappa shape index (κ2) is 3.27. The molecule has 0 saturated carbocycles. The van der Waals surface area contributed by atoms with Gasteiger partial charge in [-0.05, 0) is 12.1 Å². The van der Waals surface area contributed by atoms with Crippen molar-refractivity contribution in [3.63, 3.8) is 0 Å². The maximum atomic E-state index is 5.52. The molecular formula is C10H8N6. The van der Waals surface area contributed by atoms with Crippen molar-refractivity contribution in [2.75, 3.05) is 5.73 Å². The fraction of sp³-hybridized carbons (Fsp3) is 0. The molecule has 0 saturated heterocycles. The Morgan fingerprint density at radius 2 is 1.81 bits per heavy atom. The van der Waals surface area contributed by atoms with Crippen LogP contribution in [0.5, 0.6) is 0 Å². The van der Waals surface area contributed by atoms with Crippen molar-refractivity contribution < 1.29 is 0 Å². The van der Waals surface area contributed by atoms with E-state index < -0.39 is 0 Å². The first-order valence-electron chi connectivity index (χ1n) is 4.73. The first-order chi connectivity index (χ1) is 7.84. The van der Waals surface area contributed by atoms with Crippen molar-refractivity contribution in [1.82, 2.24) is 25.0 Å². The summed E-state index contributed by atoms with van der Waals surface area (Å²) in [6.07, 6.45) is 3.08. The van der Waals surface area contributed by atoms with Gasteiger partial charge in [0.05, 0.1) is 23.6 Å². The van der Waals surface area contributed by atoms with E-state index in [9.17, 15) is 0 Å². The quantitative estimate of drug-likeness (QED) is 0.644. The predicted molar refractivity (Wildman–Crippen MR) is 58.9 cm³/mol. The lowest BCUT2D eigenvalue weighted by atomic mass is 10.3. The van der Waals surface area contributed by atoms with E-state index in [1.54, 1.807) is 17.1 Å². The highest BCUT2D eigenvalue weighted by Gasteiger charge is 2.07. The Bertz CT molecular complexity index is 627. The summed E-state index contributed by atoms with van der Waals surface area (Å²) in [6.45, 7) is 0. The Balaban J connectivity index is 2.22. The molecule has 6 heteroatoms. The summed E-state index contributed by atoms with van der Waals surface area (Å²) in [5.74, 6) is 0.461. The zero-order chi connectivity index (χ0) is 11.0. The van der Waals surface area contributed by atoms with Gasteiger partial charge in [0.2, 0.25) is 0 Å². The highest BCUT2D eigenvalue weighted by atomic mass is 15.5. The van der Waals surface area contributed by atoms with Crippen molar-refractivity contribution in [3.05, 3.63) is 36.7 Å². The minimum absolute atomic E-state index is 0.461. The lowest BCUT2D eigenvalue weighted by Crippen LogP contribution is -2.03. The molecule has 0 amide bonds. The molecule has 0 atom stereocenters. The van der Waals surface area contributed by atoms with Crippen molar-refractivity contribution in [1.29, 1.82) is 0 Å². The average Bonchev–Trinajstić information content (AvgIpc) is 2.74. The van der Waals surface area contributed by atoms with Crippen LogP contribution in [0.15, 0.2) is 36.7 Å². The molecule has 78 valence electrons. The molecule has 2 aromatic heterocycles. The molecule has 3 rings (SSSR count). The smallest absolute Gasteiger partial charge is 0.252 e. The number of nitrogens with zero attached hydrogens (tertiary/aromatic N) is 5. The van der Waals surface area contributed by atoms with Crippen LogP contribution in [0.4, 0.5) is 5.69 Å². The van der Waals surface area contributed by atoms with Gasteiger partial charge < -0.3 is 5.73 Å². The van der Waals surface area contributed by atoms with Crippen LogP contribution in [0.25, 0.3) is 17.0 Å². The van der Waals surface area contributed by atoms with Gasteiger partial charge in [-0.1, -0.05) is 17.3 Å². The van der Waals surface area contributed by atoms with Gasteiger partial charge in [0, 0.05) is 0 Å². The molecule has 0 bridgehead atoms. The number of hydrogen-bond acceptors (Lipinski definition) is 5. The van der Waals surface area contributed by atoms with Crippen LogP contribution in [0.3, 0.4) is 0 Å². The van der Waals surface area contributed by atoms with E-state index in [1.807, 2.05) is 24.3 Å². The summed E-state index contributed by atoms with van der Waals surface area (Å²) in [6, 6.07) is 7.62. The minimum Gasteiger partial charge on any atom is -0.396 e. The van der Waals surface area contributed by atoms with Crippen LogP contribution >= 0.6 is 0 Å². The summed E-state index contributed by atoms with van der Waals surface area (Å²) >= 11 is 0. The number of para-hydroxylation sites is 1. The molecule has 2 N–H and O–H groups in total. The number of fused-ring (bicyclic) bond motifs is 1. The summed E-state index contributed by atoms with van der Waals surface area (Å²) < 4.78 is 1.58. The van der Waals surface area contributed by atoms with Crippen LogP contribution in [0.1, 0.15) is 0 Å². The van der Waals surface area contributed by atoms with E-state index in [0.717, 1.165) is 11.0 Å². The SMILES string of the molecule is Nc1cnc(-n2nnc3ccccc32)nc1. The minimum atomic E-state index is 0.461. The topological polar surface area (TPSA) is 82.5 Å². The Morgan fingerprint density at radius 1 is 1.06 bits per heavy atom. The third-order valence-electron chi connectivity index (χ3n) is 2.20. The maximum Gasteiger partial charge on any atom is 0.252 e. The molecule has 1 aromatic carbocycles. The fourth-order valence-electron chi connectivity index (χ4n) is 1.46. The lowest BCUT2D eigenvalue weighted by Gasteiger charge is -1.99. The van der Waals surface area contributed by atoms with Crippen molar-refractivity contribution in [2.24, 2.45) is 0 Å². The summed E-state index contributed by atoms with van der Waals surface area (Å²) in [7, 11) is 0. The van der Waals surface area contributed by atoms with E-state index in [1.165, 1.54) is 0 Å². The number of benzene rings is 1. The number of nitrogens with two attached hydrogens (primary N) is 1. The second-order valence-corrected chi connectivity index (χ2v) is 3.31. The third-order valence-corrected chi connectivity index (χ3v) is 2.20. The van der Waals surface area contributed by atoms with Crippen LogP contribution in [-0.2, 0) is 0 Å². The number of rotatable bonds is 1. The summed E-state index contributed by atoms with van der Waals surface area (Å²) in [4.78, 5) is 8.19.